The van der Waals surface area contributed by atoms with Crippen molar-refractivity contribution in [2.75, 3.05) is 13.1 Å². The summed E-state index contributed by atoms with van der Waals surface area (Å²) >= 11 is 5.82. The third kappa shape index (κ3) is 3.02. The minimum absolute atomic E-state index is 0.240. The Kier molecular flexibility index (Phi) is 4.98. The molecule has 0 unspecified atom stereocenters. The Morgan fingerprint density at radius 3 is 2.15 bits per heavy atom. The van der Waals surface area contributed by atoms with Crippen LogP contribution in [0.15, 0.2) is 12.1 Å². The molecule has 0 fully saturated rings. The predicted molar refractivity (Wildman–Crippen MR) is 72.0 cm³/mol. The Labute approximate surface area is 119 Å². The second-order valence-corrected chi connectivity index (χ2v) is 4.20. The van der Waals surface area contributed by atoms with E-state index < -0.39 is 32.2 Å². The number of carbonyl (C=O) groups is 1. The maximum atomic E-state index is 12.2. The van der Waals surface area contributed by atoms with E-state index in [1.165, 1.54) is 4.90 Å². The highest BCUT2D eigenvalue weighted by molar-refractivity contribution is 6.36. The summed E-state index contributed by atoms with van der Waals surface area (Å²) in [6.07, 6.45) is 0. The quantitative estimate of drug-likeness (QED) is 0.613. The minimum atomic E-state index is -0.853. The van der Waals surface area contributed by atoms with Crippen molar-refractivity contribution in [1.82, 2.24) is 4.90 Å². The molecule has 1 aromatic rings. The lowest BCUT2D eigenvalue weighted by molar-refractivity contribution is -0.394. The molecule has 0 N–H and O–H groups in total. The molecule has 1 aromatic carbocycles. The number of carbonyl (C=O) groups excluding carboxylic acids is 1. The van der Waals surface area contributed by atoms with Crippen molar-refractivity contribution in [2.24, 2.45) is 0 Å². The summed E-state index contributed by atoms with van der Waals surface area (Å²) in [6.45, 7) is 4.17. The Hall–Kier alpha value is -2.22. The van der Waals surface area contributed by atoms with E-state index in [9.17, 15) is 25.0 Å². The van der Waals surface area contributed by atoms with Crippen LogP contribution in [0.1, 0.15) is 24.2 Å². The van der Waals surface area contributed by atoms with Gasteiger partial charge in [-0.2, -0.15) is 0 Å². The van der Waals surface area contributed by atoms with Crippen molar-refractivity contribution in [3.63, 3.8) is 0 Å². The van der Waals surface area contributed by atoms with Crippen LogP contribution in [0.4, 0.5) is 11.4 Å². The smallest absolute Gasteiger partial charge is 0.295 e. The van der Waals surface area contributed by atoms with E-state index in [1.807, 2.05) is 0 Å². The van der Waals surface area contributed by atoms with E-state index in [-0.39, 0.29) is 5.56 Å². The van der Waals surface area contributed by atoms with E-state index >= 15 is 0 Å². The standard InChI is InChI=1S/C11H12ClN3O5/c1-3-13(4-2)11(16)8-5-7(14(17)18)6-9(10(8)12)15(19)20/h5-6H,3-4H2,1-2H3. The molecule has 0 saturated heterocycles. The van der Waals surface area contributed by atoms with E-state index in [2.05, 4.69) is 0 Å². The first-order valence-corrected chi connectivity index (χ1v) is 6.12. The molecule has 1 rings (SSSR count). The van der Waals surface area contributed by atoms with Gasteiger partial charge in [0.05, 0.1) is 21.5 Å². The van der Waals surface area contributed by atoms with Gasteiger partial charge in [0.1, 0.15) is 5.02 Å². The van der Waals surface area contributed by atoms with Crippen LogP contribution in [-0.4, -0.2) is 33.7 Å². The van der Waals surface area contributed by atoms with E-state index in [1.54, 1.807) is 13.8 Å². The van der Waals surface area contributed by atoms with Gasteiger partial charge in [-0.3, -0.25) is 25.0 Å². The molecule has 0 atom stereocenters. The molecule has 0 aliphatic carbocycles. The lowest BCUT2D eigenvalue weighted by Crippen LogP contribution is -2.30. The molecular weight excluding hydrogens is 290 g/mol. The predicted octanol–water partition coefficient (Wildman–Crippen LogP) is 2.64. The molecule has 1 amide bonds. The third-order valence-electron chi connectivity index (χ3n) is 2.73. The Bertz CT molecular complexity index is 571. The molecule has 108 valence electrons. The van der Waals surface area contributed by atoms with Crippen LogP contribution < -0.4 is 0 Å². The Morgan fingerprint density at radius 1 is 1.20 bits per heavy atom. The number of nitro benzene ring substituents is 2. The number of halogens is 1. The average molecular weight is 302 g/mol. The SMILES string of the molecule is CCN(CC)C(=O)c1cc([N+](=O)[O-])cc([N+](=O)[O-])c1Cl. The highest BCUT2D eigenvalue weighted by Crippen LogP contribution is 2.33. The zero-order chi connectivity index (χ0) is 15.4. The lowest BCUT2D eigenvalue weighted by atomic mass is 10.1. The molecule has 20 heavy (non-hydrogen) atoms. The van der Waals surface area contributed by atoms with E-state index in [4.69, 9.17) is 11.6 Å². The number of hydrogen-bond donors (Lipinski definition) is 0. The maximum absolute atomic E-state index is 12.2. The summed E-state index contributed by atoms with van der Waals surface area (Å²) in [5.74, 6) is -0.577. The summed E-state index contributed by atoms with van der Waals surface area (Å²) < 4.78 is 0. The average Bonchev–Trinajstić information content (AvgIpc) is 2.39. The van der Waals surface area contributed by atoms with E-state index in [0.29, 0.717) is 13.1 Å². The fourth-order valence-electron chi connectivity index (χ4n) is 1.67. The molecular formula is C11H12ClN3O5. The number of rotatable bonds is 5. The number of hydrogen-bond acceptors (Lipinski definition) is 5. The topological polar surface area (TPSA) is 107 Å². The van der Waals surface area contributed by atoms with Crippen LogP contribution >= 0.6 is 11.6 Å². The highest BCUT2D eigenvalue weighted by Gasteiger charge is 2.27. The van der Waals surface area contributed by atoms with Gasteiger partial charge in [-0.05, 0) is 13.8 Å². The number of nitrogens with zero attached hydrogens (tertiary/aromatic N) is 3. The fourth-order valence-corrected chi connectivity index (χ4v) is 1.93. The number of non-ortho nitro benzene ring substituents is 1. The first kappa shape index (κ1) is 15.8. The number of benzene rings is 1. The summed E-state index contributed by atoms with van der Waals surface area (Å²) in [7, 11) is 0. The molecule has 9 heteroatoms. The van der Waals surface area contributed by atoms with Gasteiger partial charge in [0, 0.05) is 19.2 Å². The van der Waals surface area contributed by atoms with Crippen LogP contribution in [0.5, 0.6) is 0 Å². The molecule has 0 heterocycles. The molecule has 0 aliphatic rings. The van der Waals surface area contributed by atoms with Gasteiger partial charge in [-0.15, -0.1) is 0 Å². The third-order valence-corrected chi connectivity index (χ3v) is 3.12. The molecule has 0 aromatic heterocycles. The molecule has 0 saturated carbocycles. The zero-order valence-corrected chi connectivity index (χ0v) is 11.6. The Balaban J connectivity index is 3.48. The second kappa shape index (κ2) is 6.29. The molecule has 8 nitrogen and oxygen atoms in total. The monoisotopic (exact) mass is 301 g/mol. The Morgan fingerprint density at radius 2 is 1.75 bits per heavy atom. The van der Waals surface area contributed by atoms with Gasteiger partial charge in [0.2, 0.25) is 0 Å². The minimum Gasteiger partial charge on any atom is -0.339 e. The number of amides is 1. The van der Waals surface area contributed by atoms with Crippen molar-refractivity contribution < 1.29 is 14.6 Å². The van der Waals surface area contributed by atoms with Crippen LogP contribution in [0.25, 0.3) is 0 Å². The van der Waals surface area contributed by atoms with Crippen LogP contribution in [-0.2, 0) is 0 Å². The second-order valence-electron chi connectivity index (χ2n) is 3.82. The van der Waals surface area contributed by atoms with Crippen molar-refractivity contribution in [1.29, 1.82) is 0 Å². The van der Waals surface area contributed by atoms with Gasteiger partial charge in [-0.1, -0.05) is 11.6 Å². The normalized spacial score (nSPS) is 10.2. The van der Waals surface area contributed by atoms with Gasteiger partial charge in [0.15, 0.2) is 0 Å². The van der Waals surface area contributed by atoms with Crippen LogP contribution in [0.2, 0.25) is 5.02 Å². The first-order valence-electron chi connectivity index (χ1n) is 5.75. The summed E-state index contributed by atoms with van der Waals surface area (Å²) in [6, 6.07) is 1.69. The van der Waals surface area contributed by atoms with Crippen LogP contribution in [0.3, 0.4) is 0 Å². The van der Waals surface area contributed by atoms with Crippen molar-refractivity contribution >= 4 is 28.9 Å². The van der Waals surface area contributed by atoms with Gasteiger partial charge < -0.3 is 4.90 Å². The molecule has 0 bridgehead atoms. The molecule has 0 spiro atoms. The van der Waals surface area contributed by atoms with Crippen LogP contribution in [0, 0.1) is 20.2 Å². The van der Waals surface area contributed by atoms with Crippen molar-refractivity contribution in [3.8, 4) is 0 Å². The largest absolute Gasteiger partial charge is 0.339 e. The van der Waals surface area contributed by atoms with Gasteiger partial charge in [-0.25, -0.2) is 0 Å². The van der Waals surface area contributed by atoms with Gasteiger partial charge in [0.25, 0.3) is 17.3 Å². The summed E-state index contributed by atoms with van der Waals surface area (Å²) in [5.41, 5.74) is -1.44. The van der Waals surface area contributed by atoms with Gasteiger partial charge >= 0.3 is 0 Å². The summed E-state index contributed by atoms with van der Waals surface area (Å²) in [5, 5.41) is 21.2. The summed E-state index contributed by atoms with van der Waals surface area (Å²) in [4.78, 5) is 33.5. The fraction of sp³-hybridized carbons (Fsp3) is 0.364. The van der Waals surface area contributed by atoms with Crippen molar-refractivity contribution in [2.45, 2.75) is 13.8 Å². The number of nitro groups is 2. The molecule has 0 aliphatic heterocycles. The lowest BCUT2D eigenvalue weighted by Gasteiger charge is -2.19. The first-order chi connectivity index (χ1) is 9.33. The highest BCUT2D eigenvalue weighted by atomic mass is 35.5. The maximum Gasteiger partial charge on any atom is 0.295 e. The zero-order valence-electron chi connectivity index (χ0n) is 10.8. The molecule has 0 radical (unpaired) electrons. The van der Waals surface area contributed by atoms with E-state index in [0.717, 1.165) is 12.1 Å². The van der Waals surface area contributed by atoms with Crippen molar-refractivity contribution in [3.05, 3.63) is 42.9 Å².